The van der Waals surface area contributed by atoms with Gasteiger partial charge in [0.2, 0.25) is 0 Å². The third-order valence-corrected chi connectivity index (χ3v) is 12.6. The Hall–Kier alpha value is -0.0431. The van der Waals surface area contributed by atoms with E-state index in [0.717, 1.165) is 0 Å². The topological polar surface area (TPSA) is 55.8 Å². The number of thioether (sulfide) groups is 1. The summed E-state index contributed by atoms with van der Waals surface area (Å²) in [6.45, 7) is 17.8. The summed E-state index contributed by atoms with van der Waals surface area (Å²) < 4.78 is 10.7. The van der Waals surface area contributed by atoms with Crippen LogP contribution in [-0.4, -0.2) is 49.7 Å². The summed E-state index contributed by atoms with van der Waals surface area (Å²) in [4.78, 5) is 12.2. The molecule has 0 aromatic carbocycles. The maximum Gasteiger partial charge on any atom is 0.324 e. The molecule has 0 aliphatic carbocycles. The molecule has 144 valence electrons. The van der Waals surface area contributed by atoms with E-state index >= 15 is 0 Å². The molecule has 0 aromatic heterocycles. The summed E-state index contributed by atoms with van der Waals surface area (Å²) >= 11 is 1.34. The van der Waals surface area contributed by atoms with Gasteiger partial charge in [-0.3, -0.25) is 4.79 Å². The van der Waals surface area contributed by atoms with Gasteiger partial charge in [0, 0.05) is 6.61 Å². The Morgan fingerprint density at radius 2 is 1.58 bits per heavy atom. The monoisotopic (exact) mass is 378 g/mol. The smallest absolute Gasteiger partial charge is 0.324 e. The van der Waals surface area contributed by atoms with Gasteiger partial charge in [-0.25, -0.2) is 0 Å². The molecule has 0 amide bonds. The summed E-state index contributed by atoms with van der Waals surface area (Å²) in [6, 6.07) is 0. The van der Waals surface area contributed by atoms with Gasteiger partial charge in [0.05, 0.1) is 12.7 Å². The summed E-state index contributed by atoms with van der Waals surface area (Å²) in [6.07, 6.45) is 1.48. The molecule has 0 saturated carbocycles. The number of aliphatic hydroxyl groups excluding tert-OH is 1. The lowest BCUT2D eigenvalue weighted by molar-refractivity contribution is -0.148. The molecule has 0 heterocycles. The van der Waals surface area contributed by atoms with Crippen LogP contribution in [0, 0.1) is 0 Å². The van der Waals surface area contributed by atoms with Crippen LogP contribution in [0.1, 0.15) is 61.8 Å². The van der Waals surface area contributed by atoms with Crippen LogP contribution in [0.2, 0.25) is 16.6 Å². The number of carbonyl (C=O) groups is 1. The highest BCUT2D eigenvalue weighted by atomic mass is 32.2. The minimum Gasteiger partial charge on any atom is -0.465 e. The van der Waals surface area contributed by atoms with Crippen molar-refractivity contribution in [3.8, 4) is 0 Å². The van der Waals surface area contributed by atoms with Gasteiger partial charge in [0.1, 0.15) is 4.75 Å². The minimum atomic E-state index is -1.94. The minimum absolute atomic E-state index is 0.322. The van der Waals surface area contributed by atoms with E-state index in [0.29, 0.717) is 36.3 Å². The van der Waals surface area contributed by atoms with Crippen molar-refractivity contribution in [2.75, 3.05) is 19.5 Å². The molecule has 1 N–H and O–H groups in total. The van der Waals surface area contributed by atoms with Crippen LogP contribution in [0.4, 0.5) is 0 Å². The van der Waals surface area contributed by atoms with Crippen molar-refractivity contribution in [1.82, 2.24) is 0 Å². The molecule has 0 aliphatic heterocycles. The normalized spacial score (nSPS) is 16.5. The number of carbonyl (C=O) groups excluding carboxylic acids is 1. The molecule has 24 heavy (non-hydrogen) atoms. The van der Waals surface area contributed by atoms with Crippen molar-refractivity contribution >= 4 is 26.0 Å². The lowest BCUT2D eigenvalue weighted by atomic mass is 10.0. The van der Waals surface area contributed by atoms with Crippen LogP contribution in [0.15, 0.2) is 0 Å². The lowest BCUT2D eigenvalue weighted by Gasteiger charge is -2.42. The fourth-order valence-corrected chi connectivity index (χ4v) is 9.84. The first-order valence-electron chi connectivity index (χ1n) is 9.04. The van der Waals surface area contributed by atoms with Gasteiger partial charge in [0.25, 0.3) is 0 Å². The van der Waals surface area contributed by atoms with Crippen molar-refractivity contribution in [2.45, 2.75) is 89.3 Å². The molecule has 0 aliphatic rings. The lowest BCUT2D eigenvalue weighted by Crippen LogP contribution is -2.49. The average molecular weight is 379 g/mol. The van der Waals surface area contributed by atoms with E-state index in [1.165, 1.54) is 11.8 Å². The molecule has 0 spiro atoms. The Kier molecular flexibility index (Phi) is 10.2. The van der Waals surface area contributed by atoms with Gasteiger partial charge in [-0.2, -0.15) is 0 Å². The van der Waals surface area contributed by atoms with E-state index in [2.05, 4.69) is 41.5 Å². The largest absolute Gasteiger partial charge is 0.465 e. The zero-order chi connectivity index (χ0) is 19.1. The zero-order valence-electron chi connectivity index (χ0n) is 17.0. The molecule has 2 atom stereocenters. The molecule has 0 rings (SSSR count). The van der Waals surface area contributed by atoms with Crippen LogP contribution in [0.3, 0.4) is 0 Å². The Bertz CT molecular complexity index is 365. The summed E-state index contributed by atoms with van der Waals surface area (Å²) in [7, 11) is -1.94. The second-order valence-electron chi connectivity index (χ2n) is 7.50. The Balaban J connectivity index is 5.01. The number of esters is 1. The molecule has 0 unspecified atom stereocenters. The van der Waals surface area contributed by atoms with Gasteiger partial charge in [-0.05, 0) is 43.1 Å². The van der Waals surface area contributed by atoms with E-state index in [9.17, 15) is 9.90 Å². The molecule has 0 bridgehead atoms. The summed E-state index contributed by atoms with van der Waals surface area (Å²) in [5.74, 6) is -0.356. The van der Waals surface area contributed by atoms with Crippen molar-refractivity contribution in [3.63, 3.8) is 0 Å². The predicted octanol–water partition coefficient (Wildman–Crippen LogP) is 4.61. The van der Waals surface area contributed by atoms with Crippen molar-refractivity contribution in [3.05, 3.63) is 0 Å². The predicted molar refractivity (Wildman–Crippen MR) is 106 cm³/mol. The van der Waals surface area contributed by atoms with Gasteiger partial charge in [-0.15, -0.1) is 11.8 Å². The fourth-order valence-electron chi connectivity index (χ4n) is 3.75. The SMILES string of the molecule is CCOC(=O)[C@@](C)(SC)[C@H](O)CCO[Si](C(C)C)(C(C)C)C(C)C. The number of hydrogen-bond donors (Lipinski definition) is 1. The quantitative estimate of drug-likeness (QED) is 0.420. The third kappa shape index (κ3) is 5.23. The van der Waals surface area contributed by atoms with E-state index in [1.54, 1.807) is 13.8 Å². The van der Waals surface area contributed by atoms with E-state index in [4.69, 9.17) is 9.16 Å². The molecule has 0 fully saturated rings. The molecule has 4 nitrogen and oxygen atoms in total. The maximum absolute atomic E-state index is 12.2. The van der Waals surface area contributed by atoms with Crippen LogP contribution in [-0.2, 0) is 14.0 Å². The number of ether oxygens (including phenoxy) is 1. The number of hydrogen-bond acceptors (Lipinski definition) is 5. The first-order chi connectivity index (χ1) is 11.0. The molecule has 0 aromatic rings. The highest BCUT2D eigenvalue weighted by Crippen LogP contribution is 2.42. The number of aliphatic hydroxyl groups is 1. The van der Waals surface area contributed by atoms with Gasteiger partial charge >= 0.3 is 5.97 Å². The van der Waals surface area contributed by atoms with Crippen LogP contribution < -0.4 is 0 Å². The van der Waals surface area contributed by atoms with Crippen LogP contribution in [0.5, 0.6) is 0 Å². The Morgan fingerprint density at radius 3 is 1.92 bits per heavy atom. The highest BCUT2D eigenvalue weighted by Gasteiger charge is 2.46. The van der Waals surface area contributed by atoms with E-state index < -0.39 is 19.2 Å². The second-order valence-corrected chi connectivity index (χ2v) is 14.2. The molecular formula is C18H38O4SSi. The standard InChI is InChI=1S/C18H38O4SSi/c1-10-21-17(20)18(8,23-9)16(19)11-12-22-24(13(2)3,14(4)5)15(6)7/h13-16,19H,10-12H2,1-9H3/t16-,18+/m1/s1. The van der Waals surface area contributed by atoms with Crippen molar-refractivity contribution < 1.29 is 19.1 Å². The maximum atomic E-state index is 12.2. The van der Waals surface area contributed by atoms with E-state index in [-0.39, 0.29) is 5.97 Å². The average Bonchev–Trinajstić information content (AvgIpc) is 2.49. The molecular weight excluding hydrogens is 340 g/mol. The highest BCUT2D eigenvalue weighted by molar-refractivity contribution is 8.00. The molecule has 0 saturated heterocycles. The summed E-state index contributed by atoms with van der Waals surface area (Å²) in [5, 5.41) is 10.6. The second kappa shape index (κ2) is 10.2. The first kappa shape index (κ1) is 24.0. The molecule has 0 radical (unpaired) electrons. The number of rotatable bonds is 11. The van der Waals surface area contributed by atoms with Gasteiger partial charge in [-0.1, -0.05) is 41.5 Å². The van der Waals surface area contributed by atoms with Crippen LogP contribution >= 0.6 is 11.8 Å². The van der Waals surface area contributed by atoms with Crippen molar-refractivity contribution in [1.29, 1.82) is 0 Å². The fraction of sp³-hybridized carbons (Fsp3) is 0.944. The van der Waals surface area contributed by atoms with E-state index in [1.807, 2.05) is 6.26 Å². The Morgan fingerprint density at radius 1 is 1.12 bits per heavy atom. The zero-order valence-corrected chi connectivity index (χ0v) is 18.8. The van der Waals surface area contributed by atoms with Gasteiger partial charge < -0.3 is 14.3 Å². The third-order valence-electron chi connectivity index (χ3n) is 5.19. The molecule has 6 heteroatoms. The Labute approximate surface area is 154 Å². The first-order valence-corrected chi connectivity index (χ1v) is 12.4. The van der Waals surface area contributed by atoms with Gasteiger partial charge in [0.15, 0.2) is 8.32 Å². The van der Waals surface area contributed by atoms with Crippen LogP contribution in [0.25, 0.3) is 0 Å². The summed E-state index contributed by atoms with van der Waals surface area (Å²) in [5.41, 5.74) is 1.52. The van der Waals surface area contributed by atoms with Crippen molar-refractivity contribution in [2.24, 2.45) is 0 Å².